The first-order valence-corrected chi connectivity index (χ1v) is 8.32. The Morgan fingerprint density at radius 1 is 1.20 bits per heavy atom. The van der Waals surface area contributed by atoms with Gasteiger partial charge in [-0.2, -0.15) is 0 Å². The number of nitrogens with zero attached hydrogens (tertiary/aromatic N) is 1. The Bertz CT molecular complexity index is 458. The van der Waals surface area contributed by atoms with Crippen LogP contribution < -0.4 is 0 Å². The van der Waals surface area contributed by atoms with Crippen molar-refractivity contribution in [2.75, 3.05) is 32.0 Å². The van der Waals surface area contributed by atoms with E-state index >= 15 is 0 Å². The topological polar surface area (TPSA) is 46.6 Å². The van der Waals surface area contributed by atoms with Crippen molar-refractivity contribution >= 4 is 16.8 Å². The summed E-state index contributed by atoms with van der Waals surface area (Å²) in [7, 11) is -1.15. The summed E-state index contributed by atoms with van der Waals surface area (Å²) in [6.45, 7) is 8.93. The summed E-state index contributed by atoms with van der Waals surface area (Å²) in [5.41, 5.74) is 0.409. The minimum Gasteiger partial charge on any atom is -0.461 e. The molecule has 1 aromatic carbocycles. The number of hydrogen-bond acceptors (Lipinski definition) is 4. The summed E-state index contributed by atoms with van der Waals surface area (Å²) in [4.78, 5) is 14.8. The van der Waals surface area contributed by atoms with E-state index in [0.717, 1.165) is 19.6 Å². The highest BCUT2D eigenvalue weighted by molar-refractivity contribution is 7.85. The molecule has 0 aromatic heterocycles. The highest BCUT2D eigenvalue weighted by atomic mass is 32.2. The Hall–Kier alpha value is -1.20. The van der Waals surface area contributed by atoms with Crippen LogP contribution in [0, 0.1) is 0 Å². The van der Waals surface area contributed by atoms with Crippen LogP contribution in [0.1, 0.15) is 31.1 Å². The Kier molecular flexibility index (Phi) is 7.47. The van der Waals surface area contributed by atoms with Crippen LogP contribution in [-0.2, 0) is 15.5 Å². The molecule has 1 aromatic rings. The van der Waals surface area contributed by atoms with Crippen LogP contribution >= 0.6 is 0 Å². The minimum atomic E-state index is -1.15. The zero-order chi connectivity index (χ0) is 15.0. The standard InChI is InChI=1S/C15H23NO3S/c1-4-16(5-2)11-12-19-15(17)13-9-7-8-10-14(13)20(18)6-3/h7-10H,4-6,11-12H2,1-3H3/t20-/m0/s1. The third kappa shape index (κ3) is 4.72. The Labute approximate surface area is 123 Å². The predicted octanol–water partition coefficient (Wildman–Crippen LogP) is 2.31. The number of carbonyl (C=O) groups is 1. The van der Waals surface area contributed by atoms with Gasteiger partial charge >= 0.3 is 5.97 Å². The van der Waals surface area contributed by atoms with E-state index in [0.29, 0.717) is 22.8 Å². The molecule has 0 bridgehead atoms. The van der Waals surface area contributed by atoms with Crippen molar-refractivity contribution in [2.24, 2.45) is 0 Å². The first-order chi connectivity index (χ1) is 9.63. The molecule has 5 heteroatoms. The lowest BCUT2D eigenvalue weighted by Gasteiger charge is -2.17. The van der Waals surface area contributed by atoms with Crippen molar-refractivity contribution in [2.45, 2.75) is 25.7 Å². The fourth-order valence-electron chi connectivity index (χ4n) is 1.87. The molecule has 0 saturated carbocycles. The largest absolute Gasteiger partial charge is 0.461 e. The predicted molar refractivity (Wildman–Crippen MR) is 81.5 cm³/mol. The van der Waals surface area contributed by atoms with Crippen molar-refractivity contribution in [3.05, 3.63) is 29.8 Å². The minimum absolute atomic E-state index is 0.355. The summed E-state index contributed by atoms with van der Waals surface area (Å²) in [6.07, 6.45) is 0. The lowest BCUT2D eigenvalue weighted by molar-refractivity contribution is 0.0462. The lowest BCUT2D eigenvalue weighted by atomic mass is 10.2. The average Bonchev–Trinajstić information content (AvgIpc) is 2.50. The number of ether oxygens (including phenoxy) is 1. The second-order valence-corrected chi connectivity index (χ2v) is 6.00. The number of esters is 1. The fraction of sp³-hybridized carbons (Fsp3) is 0.533. The van der Waals surface area contributed by atoms with E-state index in [4.69, 9.17) is 4.74 Å². The first kappa shape index (κ1) is 16.9. The fourth-order valence-corrected chi connectivity index (χ4v) is 2.81. The molecule has 0 heterocycles. The van der Waals surface area contributed by atoms with Crippen molar-refractivity contribution in [1.29, 1.82) is 0 Å². The molecular formula is C15H23NO3S. The molecule has 112 valence electrons. The van der Waals surface area contributed by atoms with Gasteiger partial charge in [0.15, 0.2) is 0 Å². The van der Waals surface area contributed by atoms with Gasteiger partial charge in [-0.05, 0) is 25.2 Å². The van der Waals surface area contributed by atoms with E-state index in [1.165, 1.54) is 0 Å². The second kappa shape index (κ2) is 8.87. The Morgan fingerprint density at radius 3 is 2.45 bits per heavy atom. The number of rotatable bonds is 8. The van der Waals surface area contributed by atoms with Gasteiger partial charge in [-0.25, -0.2) is 4.79 Å². The highest BCUT2D eigenvalue weighted by Gasteiger charge is 2.15. The Morgan fingerprint density at radius 2 is 1.85 bits per heavy atom. The number of carbonyl (C=O) groups excluding carboxylic acids is 1. The second-order valence-electron chi connectivity index (χ2n) is 4.29. The van der Waals surface area contributed by atoms with Crippen molar-refractivity contribution in [3.63, 3.8) is 0 Å². The molecule has 20 heavy (non-hydrogen) atoms. The molecule has 4 nitrogen and oxygen atoms in total. The van der Waals surface area contributed by atoms with Gasteiger partial charge in [-0.1, -0.05) is 32.9 Å². The van der Waals surface area contributed by atoms with E-state index < -0.39 is 16.8 Å². The highest BCUT2D eigenvalue weighted by Crippen LogP contribution is 2.15. The molecule has 0 amide bonds. The molecule has 0 aliphatic carbocycles. The molecule has 0 fully saturated rings. The maximum Gasteiger partial charge on any atom is 0.339 e. The van der Waals surface area contributed by atoms with Crippen LogP contribution in [0.25, 0.3) is 0 Å². The van der Waals surface area contributed by atoms with Crippen LogP contribution in [0.4, 0.5) is 0 Å². The van der Waals surface area contributed by atoms with E-state index in [1.807, 2.05) is 6.92 Å². The van der Waals surface area contributed by atoms with Crippen molar-refractivity contribution in [1.82, 2.24) is 4.90 Å². The van der Waals surface area contributed by atoms with Crippen LogP contribution in [0.5, 0.6) is 0 Å². The van der Waals surface area contributed by atoms with Gasteiger partial charge in [0.1, 0.15) is 6.61 Å². The van der Waals surface area contributed by atoms with Gasteiger partial charge < -0.3 is 9.64 Å². The SMILES string of the molecule is CCN(CC)CCOC(=O)c1ccccc1[S@@](=O)CC. The van der Waals surface area contributed by atoms with Gasteiger partial charge in [-0.3, -0.25) is 4.21 Å². The number of likely N-dealkylation sites (N-methyl/N-ethyl adjacent to an activating group) is 1. The molecule has 0 saturated heterocycles. The van der Waals surface area contributed by atoms with Gasteiger partial charge in [0.2, 0.25) is 0 Å². The summed E-state index contributed by atoms with van der Waals surface area (Å²) in [5, 5.41) is 0. The summed E-state index contributed by atoms with van der Waals surface area (Å²) < 4.78 is 17.2. The van der Waals surface area contributed by atoms with Crippen molar-refractivity contribution in [3.8, 4) is 0 Å². The maximum absolute atomic E-state index is 12.1. The zero-order valence-electron chi connectivity index (χ0n) is 12.4. The van der Waals surface area contributed by atoms with Gasteiger partial charge in [-0.15, -0.1) is 0 Å². The number of benzene rings is 1. The third-order valence-electron chi connectivity index (χ3n) is 3.15. The molecule has 0 spiro atoms. The molecule has 1 rings (SSSR count). The van der Waals surface area contributed by atoms with Crippen LogP contribution in [0.2, 0.25) is 0 Å². The van der Waals surface area contributed by atoms with E-state index in [1.54, 1.807) is 24.3 Å². The van der Waals surface area contributed by atoms with Gasteiger partial charge in [0.25, 0.3) is 0 Å². The van der Waals surface area contributed by atoms with E-state index in [9.17, 15) is 9.00 Å². The molecular weight excluding hydrogens is 274 g/mol. The molecule has 0 unspecified atom stereocenters. The molecule has 0 radical (unpaired) electrons. The molecule has 0 aliphatic rings. The lowest BCUT2D eigenvalue weighted by Crippen LogP contribution is -2.28. The van der Waals surface area contributed by atoms with Crippen molar-refractivity contribution < 1.29 is 13.7 Å². The molecule has 0 aliphatic heterocycles. The maximum atomic E-state index is 12.1. The van der Waals surface area contributed by atoms with Gasteiger partial charge in [0, 0.05) is 12.3 Å². The van der Waals surface area contributed by atoms with Gasteiger partial charge in [0.05, 0.1) is 21.3 Å². The third-order valence-corrected chi connectivity index (χ3v) is 4.52. The quantitative estimate of drug-likeness (QED) is 0.691. The van der Waals surface area contributed by atoms with Crippen LogP contribution in [0.3, 0.4) is 0 Å². The molecule has 0 N–H and O–H groups in total. The van der Waals surface area contributed by atoms with Crippen LogP contribution in [0.15, 0.2) is 29.2 Å². The average molecular weight is 297 g/mol. The van der Waals surface area contributed by atoms with E-state index in [-0.39, 0.29) is 0 Å². The van der Waals surface area contributed by atoms with E-state index in [2.05, 4.69) is 18.7 Å². The summed E-state index contributed by atoms with van der Waals surface area (Å²) in [5.74, 6) is 0.0959. The number of hydrogen-bond donors (Lipinski definition) is 0. The zero-order valence-corrected chi connectivity index (χ0v) is 13.2. The first-order valence-electron chi connectivity index (χ1n) is 7.00. The monoisotopic (exact) mass is 297 g/mol. The summed E-state index contributed by atoms with van der Waals surface area (Å²) in [6, 6.07) is 6.94. The summed E-state index contributed by atoms with van der Waals surface area (Å²) >= 11 is 0. The van der Waals surface area contributed by atoms with Crippen LogP contribution in [-0.4, -0.2) is 47.1 Å². The smallest absolute Gasteiger partial charge is 0.339 e. The normalized spacial score (nSPS) is 12.4. The molecule has 1 atom stereocenters. The Balaban J connectivity index is 2.66.